The molecule has 0 aromatic heterocycles. The van der Waals surface area contributed by atoms with Crippen molar-refractivity contribution >= 4 is 44.5 Å². The predicted molar refractivity (Wildman–Crippen MR) is 89.2 cm³/mol. The molecule has 20 heavy (non-hydrogen) atoms. The highest BCUT2D eigenvalue weighted by Crippen LogP contribution is 2.27. The summed E-state index contributed by atoms with van der Waals surface area (Å²) in [4.78, 5) is 0.0596. The third-order valence-corrected chi connectivity index (χ3v) is 4.43. The van der Waals surface area contributed by atoms with Crippen LogP contribution in [0, 0.1) is 19.7 Å². The third kappa shape index (κ3) is 3.16. The highest BCUT2D eigenvalue weighted by Gasteiger charge is 2.07. The topological polar surface area (TPSA) is 38.0 Å². The molecular weight excluding hydrogens is 339 g/mol. The molecule has 0 saturated heterocycles. The molecular formula is C15H14BrFN2S. The van der Waals surface area contributed by atoms with E-state index in [-0.39, 0.29) is 10.6 Å². The van der Waals surface area contributed by atoms with Crippen LogP contribution in [-0.2, 0) is 0 Å². The zero-order chi connectivity index (χ0) is 14.9. The standard InChI is InChI=1S/C15H14BrFN2S/c1-8-5-11(6-9(2)14(8)16)19-10-3-4-12(15(18)20)13(17)7-10/h3-7,19H,1-2H3,(H2,18,20). The molecule has 0 amide bonds. The van der Waals surface area contributed by atoms with Gasteiger partial charge in [0.1, 0.15) is 10.8 Å². The minimum atomic E-state index is -0.423. The zero-order valence-electron chi connectivity index (χ0n) is 11.1. The van der Waals surface area contributed by atoms with Crippen molar-refractivity contribution in [3.63, 3.8) is 0 Å². The number of anilines is 2. The molecule has 0 aliphatic rings. The van der Waals surface area contributed by atoms with Crippen molar-refractivity contribution in [1.29, 1.82) is 0 Å². The normalized spacial score (nSPS) is 10.4. The quantitative estimate of drug-likeness (QED) is 0.793. The second-order valence-corrected chi connectivity index (χ2v) is 5.84. The molecule has 5 heteroatoms. The van der Waals surface area contributed by atoms with Crippen molar-refractivity contribution in [2.24, 2.45) is 5.73 Å². The maximum Gasteiger partial charge on any atom is 0.135 e. The summed E-state index contributed by atoms with van der Waals surface area (Å²) < 4.78 is 14.9. The average Bonchev–Trinajstić information content (AvgIpc) is 2.35. The van der Waals surface area contributed by atoms with Gasteiger partial charge >= 0.3 is 0 Å². The monoisotopic (exact) mass is 352 g/mol. The number of benzene rings is 2. The second-order valence-electron chi connectivity index (χ2n) is 4.61. The van der Waals surface area contributed by atoms with Crippen molar-refractivity contribution < 1.29 is 4.39 Å². The van der Waals surface area contributed by atoms with Crippen LogP contribution in [0.1, 0.15) is 16.7 Å². The number of aryl methyl sites for hydroxylation is 2. The van der Waals surface area contributed by atoms with Crippen molar-refractivity contribution in [3.8, 4) is 0 Å². The van der Waals surface area contributed by atoms with Crippen molar-refractivity contribution in [2.45, 2.75) is 13.8 Å². The number of rotatable bonds is 3. The maximum atomic E-state index is 13.8. The van der Waals surface area contributed by atoms with E-state index in [1.54, 1.807) is 12.1 Å². The van der Waals surface area contributed by atoms with Gasteiger partial charge in [-0.3, -0.25) is 0 Å². The molecule has 2 rings (SSSR count). The first-order valence-corrected chi connectivity index (χ1v) is 7.21. The first-order valence-electron chi connectivity index (χ1n) is 6.01. The van der Waals surface area contributed by atoms with Gasteiger partial charge < -0.3 is 11.1 Å². The van der Waals surface area contributed by atoms with Crippen molar-refractivity contribution in [3.05, 3.63) is 57.3 Å². The van der Waals surface area contributed by atoms with Crippen LogP contribution in [0.3, 0.4) is 0 Å². The lowest BCUT2D eigenvalue weighted by Crippen LogP contribution is -2.11. The molecule has 0 fully saturated rings. The fourth-order valence-electron chi connectivity index (χ4n) is 1.98. The highest BCUT2D eigenvalue weighted by molar-refractivity contribution is 9.10. The molecule has 0 atom stereocenters. The van der Waals surface area contributed by atoms with E-state index in [9.17, 15) is 4.39 Å². The van der Waals surface area contributed by atoms with Gasteiger partial charge in [0.05, 0.1) is 0 Å². The Kier molecular flexibility index (Phi) is 4.40. The van der Waals surface area contributed by atoms with E-state index in [1.807, 2.05) is 26.0 Å². The van der Waals surface area contributed by atoms with Gasteiger partial charge in [-0.1, -0.05) is 28.1 Å². The predicted octanol–water partition coefficient (Wildman–Crippen LogP) is 4.58. The first kappa shape index (κ1) is 14.9. The largest absolute Gasteiger partial charge is 0.389 e. The number of halogens is 2. The second kappa shape index (κ2) is 5.89. The number of nitrogens with one attached hydrogen (secondary N) is 1. The van der Waals surface area contributed by atoms with E-state index < -0.39 is 5.82 Å². The molecule has 0 bridgehead atoms. The SMILES string of the molecule is Cc1cc(Nc2ccc(C(N)=S)c(F)c2)cc(C)c1Br. The smallest absolute Gasteiger partial charge is 0.135 e. The summed E-state index contributed by atoms with van der Waals surface area (Å²) in [6, 6.07) is 8.72. The summed E-state index contributed by atoms with van der Waals surface area (Å²) in [6.07, 6.45) is 0. The Balaban J connectivity index is 2.31. The van der Waals surface area contributed by atoms with Crippen molar-refractivity contribution in [2.75, 3.05) is 5.32 Å². The summed E-state index contributed by atoms with van der Waals surface area (Å²) >= 11 is 8.30. The number of nitrogens with two attached hydrogens (primary N) is 1. The summed E-state index contributed by atoms with van der Waals surface area (Å²) in [5.41, 5.74) is 9.50. The van der Waals surface area contributed by atoms with Gasteiger partial charge in [0, 0.05) is 21.4 Å². The Labute approximate surface area is 131 Å². The van der Waals surface area contributed by atoms with Crippen LogP contribution in [0.4, 0.5) is 15.8 Å². The summed E-state index contributed by atoms with van der Waals surface area (Å²) in [5, 5.41) is 3.17. The van der Waals surface area contributed by atoms with Crippen LogP contribution in [0.5, 0.6) is 0 Å². The third-order valence-electron chi connectivity index (χ3n) is 2.96. The lowest BCUT2D eigenvalue weighted by Gasteiger charge is -2.11. The molecule has 2 aromatic carbocycles. The van der Waals surface area contributed by atoms with Gasteiger partial charge in [0.15, 0.2) is 0 Å². The van der Waals surface area contributed by atoms with Gasteiger partial charge in [-0.25, -0.2) is 4.39 Å². The molecule has 2 nitrogen and oxygen atoms in total. The van der Waals surface area contributed by atoms with Gasteiger partial charge in [-0.05, 0) is 55.3 Å². The van der Waals surface area contributed by atoms with E-state index in [2.05, 4.69) is 21.2 Å². The van der Waals surface area contributed by atoms with Crippen LogP contribution in [0.2, 0.25) is 0 Å². The lowest BCUT2D eigenvalue weighted by atomic mass is 10.1. The molecule has 0 radical (unpaired) electrons. The van der Waals surface area contributed by atoms with Gasteiger partial charge in [0.25, 0.3) is 0 Å². The first-order chi connectivity index (χ1) is 9.38. The Morgan fingerprint density at radius 1 is 1.15 bits per heavy atom. The minimum Gasteiger partial charge on any atom is -0.389 e. The summed E-state index contributed by atoms with van der Waals surface area (Å²) in [7, 11) is 0. The molecule has 2 aromatic rings. The zero-order valence-corrected chi connectivity index (χ0v) is 13.5. The molecule has 0 unspecified atom stereocenters. The van der Waals surface area contributed by atoms with E-state index in [1.165, 1.54) is 6.07 Å². The summed E-state index contributed by atoms with van der Waals surface area (Å²) in [5.74, 6) is -0.423. The van der Waals surface area contributed by atoms with E-state index in [0.29, 0.717) is 5.69 Å². The van der Waals surface area contributed by atoms with E-state index in [4.69, 9.17) is 18.0 Å². The Morgan fingerprint density at radius 3 is 2.25 bits per heavy atom. The van der Waals surface area contributed by atoms with Crippen molar-refractivity contribution in [1.82, 2.24) is 0 Å². The van der Waals surface area contributed by atoms with Crippen LogP contribution in [0.25, 0.3) is 0 Å². The molecule has 0 aliphatic heterocycles. The van der Waals surface area contributed by atoms with Gasteiger partial charge in [-0.2, -0.15) is 0 Å². The van der Waals surface area contributed by atoms with E-state index in [0.717, 1.165) is 21.3 Å². The van der Waals surface area contributed by atoms with E-state index >= 15 is 0 Å². The molecule has 104 valence electrons. The number of thiocarbonyl (C=S) groups is 1. The maximum absolute atomic E-state index is 13.8. The van der Waals surface area contributed by atoms with Crippen LogP contribution < -0.4 is 11.1 Å². The van der Waals surface area contributed by atoms with Gasteiger partial charge in [-0.15, -0.1) is 0 Å². The number of hydrogen-bond donors (Lipinski definition) is 2. The molecule has 0 aliphatic carbocycles. The summed E-state index contributed by atoms with van der Waals surface area (Å²) in [6.45, 7) is 4.03. The fraction of sp³-hybridized carbons (Fsp3) is 0.133. The van der Waals surface area contributed by atoms with Gasteiger partial charge in [0.2, 0.25) is 0 Å². The molecule has 0 spiro atoms. The lowest BCUT2D eigenvalue weighted by molar-refractivity contribution is 0.626. The average molecular weight is 353 g/mol. The molecule has 0 saturated carbocycles. The molecule has 3 N–H and O–H groups in total. The Morgan fingerprint density at radius 2 is 1.75 bits per heavy atom. The van der Waals surface area contributed by atoms with Crippen LogP contribution in [-0.4, -0.2) is 4.99 Å². The number of hydrogen-bond acceptors (Lipinski definition) is 2. The van der Waals surface area contributed by atoms with Crippen LogP contribution >= 0.6 is 28.1 Å². The fourth-order valence-corrected chi connectivity index (χ4v) is 2.37. The highest BCUT2D eigenvalue weighted by atomic mass is 79.9. The Hall–Kier alpha value is -1.46. The van der Waals surface area contributed by atoms with Crippen LogP contribution in [0.15, 0.2) is 34.8 Å². The molecule has 0 heterocycles. The minimum absolute atomic E-state index is 0.0596. The Bertz CT molecular complexity index is 663.